The second-order valence-corrected chi connectivity index (χ2v) is 10.5. The normalized spacial score (nSPS) is 15.8. The molecule has 3 aromatic carbocycles. The Bertz CT molecular complexity index is 1270. The summed E-state index contributed by atoms with van der Waals surface area (Å²) >= 11 is 3.70. The maximum absolute atomic E-state index is 13.3. The molecule has 2 amide bonds. The number of nitrogens with one attached hydrogen (secondary N) is 1. The minimum Gasteiger partial charge on any atom is -0.508 e. The zero-order valence-electron chi connectivity index (χ0n) is 21.0. The number of amides is 2. The van der Waals surface area contributed by atoms with E-state index in [9.17, 15) is 14.7 Å². The van der Waals surface area contributed by atoms with Crippen LogP contribution < -0.4 is 16.0 Å². The summed E-state index contributed by atoms with van der Waals surface area (Å²) in [7, 11) is 0. The van der Waals surface area contributed by atoms with Crippen molar-refractivity contribution >= 4 is 33.4 Å². The summed E-state index contributed by atoms with van der Waals surface area (Å²) in [6.07, 6.45) is 1.87. The van der Waals surface area contributed by atoms with Gasteiger partial charge >= 0.3 is 0 Å². The monoisotopic (exact) mass is 550 g/mol. The lowest BCUT2D eigenvalue weighted by molar-refractivity contribution is -0.403. The van der Waals surface area contributed by atoms with E-state index in [1.807, 2.05) is 32.0 Å². The lowest BCUT2D eigenvalue weighted by atomic mass is 9.91. The molecule has 1 heterocycles. The Balaban J connectivity index is 1.60. The molecule has 0 radical (unpaired) electrons. The van der Waals surface area contributed by atoms with Crippen molar-refractivity contribution in [3.8, 4) is 5.75 Å². The number of carbonyl (C=O) groups excluding carboxylic acids is 2. The van der Waals surface area contributed by atoms with Crippen molar-refractivity contribution in [2.75, 3.05) is 11.4 Å². The second kappa shape index (κ2) is 10.8. The van der Waals surface area contributed by atoms with Crippen molar-refractivity contribution in [2.45, 2.75) is 52.1 Å². The number of hydrogen-bond donors (Lipinski definition) is 3. The van der Waals surface area contributed by atoms with Crippen LogP contribution in [0.2, 0.25) is 0 Å². The summed E-state index contributed by atoms with van der Waals surface area (Å²) < 4.78 is 0.849. The number of phenolic OH excluding ortho intramolecular Hbond substituents is 1. The van der Waals surface area contributed by atoms with E-state index < -0.39 is 6.04 Å². The zero-order chi connectivity index (χ0) is 26.0. The van der Waals surface area contributed by atoms with E-state index in [-0.39, 0.29) is 23.6 Å². The molecular weight excluding hydrogens is 518 g/mol. The summed E-state index contributed by atoms with van der Waals surface area (Å²) in [6, 6.07) is 17.1. The van der Waals surface area contributed by atoms with Gasteiger partial charge in [-0.25, -0.2) is 0 Å². The zero-order valence-corrected chi connectivity index (χ0v) is 22.6. The molecule has 0 saturated heterocycles. The molecule has 188 valence electrons. The fourth-order valence-corrected chi connectivity index (χ4v) is 5.81. The Morgan fingerprint density at radius 1 is 1.11 bits per heavy atom. The third-order valence-electron chi connectivity index (χ3n) is 6.89. The number of benzene rings is 3. The summed E-state index contributed by atoms with van der Waals surface area (Å²) in [5, 5.41) is 13.1. The molecule has 0 saturated carbocycles. The molecule has 1 aliphatic heterocycles. The number of quaternary nitrogens is 1. The quantitative estimate of drug-likeness (QED) is 0.430. The summed E-state index contributed by atoms with van der Waals surface area (Å²) in [5.41, 5.74) is 11.1. The van der Waals surface area contributed by atoms with Crippen LogP contribution in [0.3, 0.4) is 0 Å². The summed E-state index contributed by atoms with van der Waals surface area (Å²) in [4.78, 5) is 27.5. The number of fused-ring (bicyclic) bond motifs is 1. The smallest absolute Gasteiger partial charge is 0.278 e. The van der Waals surface area contributed by atoms with Crippen LogP contribution in [0.4, 0.5) is 5.69 Å². The molecular formula is C29H33BrN3O3+. The van der Waals surface area contributed by atoms with Crippen LogP contribution in [0, 0.1) is 13.8 Å². The van der Waals surface area contributed by atoms with E-state index in [2.05, 4.69) is 51.2 Å². The van der Waals surface area contributed by atoms with Crippen LogP contribution >= 0.6 is 15.9 Å². The van der Waals surface area contributed by atoms with Gasteiger partial charge in [-0.15, -0.1) is 0 Å². The van der Waals surface area contributed by atoms with Gasteiger partial charge in [0.15, 0.2) is 6.04 Å². The third-order valence-corrected chi connectivity index (χ3v) is 7.49. The van der Waals surface area contributed by atoms with Crippen LogP contribution in [0.5, 0.6) is 5.75 Å². The Morgan fingerprint density at radius 3 is 2.42 bits per heavy atom. The number of rotatable bonds is 6. The number of hydrogen-bond acceptors (Lipinski definition) is 3. The summed E-state index contributed by atoms with van der Waals surface area (Å²) in [5.74, 6) is 0.0778. The number of anilines is 1. The number of phenols is 1. The largest absolute Gasteiger partial charge is 0.508 e. The standard InChI is InChI=1S/C29H32BrN3O3/c1-17-11-22(35)12-18(2)23(17)16-26(31)29(36)32-27-9-10-33(19(3)34)28-24(27)14-21(15-25(28)30)13-20-7-5-4-6-8-20/h4-8,11-12,14-15,26-27,35H,9-10,13,16,31H2,1-3H3,(H,32,36)/p+1/t26-,27+/m0/s1. The maximum atomic E-state index is 13.3. The predicted octanol–water partition coefficient (Wildman–Crippen LogP) is 4.13. The molecule has 6 nitrogen and oxygen atoms in total. The van der Waals surface area contributed by atoms with Crippen molar-refractivity contribution in [1.29, 1.82) is 0 Å². The molecule has 0 bridgehead atoms. The number of carbonyl (C=O) groups is 2. The molecule has 7 heteroatoms. The molecule has 0 spiro atoms. The molecule has 36 heavy (non-hydrogen) atoms. The van der Waals surface area contributed by atoms with Gasteiger partial charge in [0.05, 0.1) is 11.7 Å². The molecule has 0 aliphatic carbocycles. The molecule has 2 atom stereocenters. The van der Waals surface area contributed by atoms with Gasteiger partial charge in [-0.2, -0.15) is 0 Å². The van der Waals surface area contributed by atoms with Crippen molar-refractivity contribution in [1.82, 2.24) is 5.32 Å². The van der Waals surface area contributed by atoms with Gasteiger partial charge in [0.2, 0.25) is 5.91 Å². The van der Waals surface area contributed by atoms with E-state index in [0.29, 0.717) is 19.4 Å². The molecule has 0 unspecified atom stereocenters. The highest BCUT2D eigenvalue weighted by molar-refractivity contribution is 9.10. The Kier molecular flexibility index (Phi) is 7.81. The van der Waals surface area contributed by atoms with Crippen molar-refractivity contribution in [3.05, 3.63) is 92.5 Å². The first kappa shape index (κ1) is 25.9. The minimum atomic E-state index is -0.489. The number of halogens is 1. The van der Waals surface area contributed by atoms with Crippen molar-refractivity contribution in [3.63, 3.8) is 0 Å². The van der Waals surface area contributed by atoms with Gasteiger partial charge in [0.1, 0.15) is 5.75 Å². The van der Waals surface area contributed by atoms with Crippen LogP contribution in [0.25, 0.3) is 0 Å². The fraction of sp³-hybridized carbons (Fsp3) is 0.310. The van der Waals surface area contributed by atoms with Gasteiger partial charge in [0.25, 0.3) is 5.91 Å². The van der Waals surface area contributed by atoms with Crippen LogP contribution in [-0.4, -0.2) is 29.5 Å². The van der Waals surface area contributed by atoms with Gasteiger partial charge in [0, 0.05) is 24.4 Å². The van der Waals surface area contributed by atoms with E-state index >= 15 is 0 Å². The molecule has 5 N–H and O–H groups in total. The second-order valence-electron chi connectivity index (χ2n) is 9.66. The van der Waals surface area contributed by atoms with Gasteiger partial charge < -0.3 is 21.1 Å². The molecule has 0 aromatic heterocycles. The Labute approximate surface area is 220 Å². The Morgan fingerprint density at radius 2 is 1.78 bits per heavy atom. The van der Waals surface area contributed by atoms with Crippen LogP contribution in [-0.2, 0) is 22.4 Å². The maximum Gasteiger partial charge on any atom is 0.278 e. The highest BCUT2D eigenvalue weighted by Gasteiger charge is 2.32. The number of aryl methyl sites for hydroxylation is 2. The van der Waals surface area contributed by atoms with Crippen LogP contribution in [0.15, 0.2) is 59.1 Å². The van der Waals surface area contributed by atoms with Gasteiger partial charge in [-0.3, -0.25) is 9.59 Å². The highest BCUT2D eigenvalue weighted by Crippen LogP contribution is 2.41. The molecule has 0 fully saturated rings. The first-order valence-electron chi connectivity index (χ1n) is 12.2. The van der Waals surface area contributed by atoms with E-state index in [1.165, 1.54) is 5.56 Å². The highest BCUT2D eigenvalue weighted by atomic mass is 79.9. The average Bonchev–Trinajstić information content (AvgIpc) is 2.82. The lowest BCUT2D eigenvalue weighted by Crippen LogP contribution is -2.68. The molecule has 3 aromatic rings. The average molecular weight is 552 g/mol. The Hall–Kier alpha value is -3.16. The number of nitrogens with zero attached hydrogens (tertiary/aromatic N) is 1. The molecule has 4 rings (SSSR count). The minimum absolute atomic E-state index is 0.0224. The van der Waals surface area contributed by atoms with Crippen molar-refractivity contribution < 1.29 is 20.4 Å². The van der Waals surface area contributed by atoms with Crippen molar-refractivity contribution in [2.24, 2.45) is 0 Å². The third kappa shape index (κ3) is 5.63. The number of aromatic hydroxyl groups is 1. The first-order valence-corrected chi connectivity index (χ1v) is 13.0. The molecule has 1 aliphatic rings. The van der Waals surface area contributed by atoms with E-state index in [4.69, 9.17) is 0 Å². The lowest BCUT2D eigenvalue weighted by Gasteiger charge is -2.35. The first-order chi connectivity index (χ1) is 17.1. The van der Waals surface area contributed by atoms with Gasteiger partial charge in [-0.1, -0.05) is 36.4 Å². The predicted molar refractivity (Wildman–Crippen MR) is 145 cm³/mol. The topological polar surface area (TPSA) is 97.3 Å². The van der Waals surface area contributed by atoms with E-state index in [0.717, 1.165) is 44.4 Å². The summed E-state index contributed by atoms with van der Waals surface area (Å²) in [6.45, 7) is 5.97. The van der Waals surface area contributed by atoms with Gasteiger partial charge in [-0.05, 0) is 94.2 Å². The van der Waals surface area contributed by atoms with E-state index in [1.54, 1.807) is 24.0 Å². The van der Waals surface area contributed by atoms with Crippen LogP contribution in [0.1, 0.15) is 52.8 Å². The fourth-order valence-electron chi connectivity index (χ4n) is 5.07. The SMILES string of the molecule is CC(=O)N1CC[C@@H](NC(=O)[C@@H]([NH3+])Cc2c(C)cc(O)cc2C)c2cc(Cc3ccccc3)cc(Br)c21.